The van der Waals surface area contributed by atoms with E-state index in [4.69, 9.17) is 14.3 Å². The summed E-state index contributed by atoms with van der Waals surface area (Å²) in [6, 6.07) is 8.64. The smallest absolute Gasteiger partial charge is 0.311 e. The molecule has 3 aromatic rings. The Balaban J connectivity index is 1.84. The van der Waals surface area contributed by atoms with Crippen LogP contribution in [0.25, 0.3) is 22.1 Å². The van der Waals surface area contributed by atoms with E-state index in [1.54, 1.807) is 24.3 Å². The van der Waals surface area contributed by atoms with Crippen molar-refractivity contribution in [3.05, 3.63) is 52.9 Å². The van der Waals surface area contributed by atoms with Crippen LogP contribution in [-0.4, -0.2) is 27.9 Å². The van der Waals surface area contributed by atoms with Gasteiger partial charge in [-0.3, -0.25) is 9.59 Å². The Morgan fingerprint density at radius 3 is 2.52 bits per heavy atom. The van der Waals surface area contributed by atoms with Crippen LogP contribution in [0.4, 0.5) is 0 Å². The summed E-state index contributed by atoms with van der Waals surface area (Å²) >= 11 is 0. The number of hydrogen-bond donors (Lipinski definition) is 3. The monoisotopic (exact) mass is 370 g/mol. The van der Waals surface area contributed by atoms with Crippen LogP contribution in [0.5, 0.6) is 17.2 Å². The fourth-order valence-corrected chi connectivity index (χ4v) is 2.68. The van der Waals surface area contributed by atoms with Crippen molar-refractivity contribution in [1.82, 2.24) is 0 Å². The maximum Gasteiger partial charge on any atom is 0.311 e. The fraction of sp³-hybridized carbons (Fsp3) is 0.200. The van der Waals surface area contributed by atoms with E-state index >= 15 is 0 Å². The van der Waals surface area contributed by atoms with E-state index < -0.39 is 11.4 Å². The molecular weight excluding hydrogens is 352 g/mol. The molecule has 0 saturated carbocycles. The van der Waals surface area contributed by atoms with Crippen LogP contribution in [0.2, 0.25) is 0 Å². The van der Waals surface area contributed by atoms with E-state index in [0.29, 0.717) is 24.2 Å². The molecule has 0 unspecified atom stereocenters. The number of benzene rings is 2. The number of ether oxygens (including phenoxy) is 1. The Bertz CT molecular complexity index is 1020. The third kappa shape index (κ3) is 4.09. The van der Waals surface area contributed by atoms with E-state index in [1.165, 1.54) is 12.3 Å². The number of phenols is 2. The molecule has 0 aliphatic rings. The highest BCUT2D eigenvalue weighted by Crippen LogP contribution is 2.30. The summed E-state index contributed by atoms with van der Waals surface area (Å²) in [5, 5.41) is 28.1. The molecule has 0 bridgehead atoms. The van der Waals surface area contributed by atoms with Crippen molar-refractivity contribution in [2.45, 2.75) is 19.3 Å². The van der Waals surface area contributed by atoms with Crippen molar-refractivity contribution in [2.75, 3.05) is 6.61 Å². The molecule has 27 heavy (non-hydrogen) atoms. The number of aromatic hydroxyl groups is 2. The first-order valence-electron chi connectivity index (χ1n) is 8.39. The van der Waals surface area contributed by atoms with Crippen molar-refractivity contribution in [3.63, 3.8) is 0 Å². The van der Waals surface area contributed by atoms with Crippen molar-refractivity contribution in [2.24, 2.45) is 0 Å². The molecule has 2 aromatic carbocycles. The topological polar surface area (TPSA) is 117 Å². The Hall–Kier alpha value is -3.32. The van der Waals surface area contributed by atoms with E-state index in [1.807, 2.05) is 0 Å². The number of unbranched alkanes of at least 4 members (excludes halogenated alkanes) is 1. The standard InChI is InChI=1S/C20H18O7/c21-8-2-1-3-18(24)27-14-6-4-12(5-7-14)15-11-26-17-10-13(22)9-16(23)19(17)20(15)25/h4-7,9-11,21-23H,1-3,8H2. The zero-order valence-corrected chi connectivity index (χ0v) is 14.3. The number of hydrogen-bond acceptors (Lipinski definition) is 7. The van der Waals surface area contributed by atoms with Crippen LogP contribution in [0.3, 0.4) is 0 Å². The van der Waals surface area contributed by atoms with E-state index in [2.05, 4.69) is 0 Å². The van der Waals surface area contributed by atoms with E-state index in [9.17, 15) is 19.8 Å². The lowest BCUT2D eigenvalue weighted by molar-refractivity contribution is -0.134. The predicted octanol–water partition coefficient (Wildman–Crippen LogP) is 2.94. The SMILES string of the molecule is O=C(CCCCO)Oc1ccc(-c2coc3cc(O)cc(O)c3c2=O)cc1. The van der Waals surface area contributed by atoms with E-state index in [0.717, 1.165) is 6.07 Å². The number of esters is 1. The maximum absolute atomic E-state index is 12.7. The molecule has 3 rings (SSSR count). The number of fused-ring (bicyclic) bond motifs is 1. The van der Waals surface area contributed by atoms with Crippen LogP contribution in [0.15, 0.2) is 51.9 Å². The van der Waals surface area contributed by atoms with Crippen LogP contribution in [0.1, 0.15) is 19.3 Å². The van der Waals surface area contributed by atoms with Gasteiger partial charge in [-0.1, -0.05) is 12.1 Å². The quantitative estimate of drug-likeness (QED) is 0.347. The van der Waals surface area contributed by atoms with Gasteiger partial charge in [-0.05, 0) is 30.5 Å². The number of phenolic OH excluding ortho intramolecular Hbond substituents is 2. The number of aliphatic hydroxyl groups is 1. The fourth-order valence-electron chi connectivity index (χ4n) is 2.68. The van der Waals surface area contributed by atoms with Gasteiger partial charge in [-0.15, -0.1) is 0 Å². The van der Waals surface area contributed by atoms with Gasteiger partial charge in [0.1, 0.15) is 34.5 Å². The summed E-state index contributed by atoms with van der Waals surface area (Å²) in [6.07, 6.45) is 2.54. The molecule has 0 aliphatic heterocycles. The molecular formula is C20H18O7. The average molecular weight is 370 g/mol. The summed E-state index contributed by atoms with van der Waals surface area (Å²) < 4.78 is 10.6. The minimum absolute atomic E-state index is 0.0234. The highest BCUT2D eigenvalue weighted by molar-refractivity contribution is 5.88. The van der Waals surface area contributed by atoms with Gasteiger partial charge >= 0.3 is 5.97 Å². The number of carbonyl (C=O) groups is 1. The van der Waals surface area contributed by atoms with Gasteiger partial charge in [0.25, 0.3) is 0 Å². The molecule has 7 nitrogen and oxygen atoms in total. The van der Waals surface area contributed by atoms with Crippen molar-refractivity contribution in [1.29, 1.82) is 0 Å². The summed E-state index contributed by atoms with van der Waals surface area (Å²) in [5.41, 5.74) is 0.389. The third-order valence-corrected chi connectivity index (χ3v) is 4.03. The van der Waals surface area contributed by atoms with Crippen LogP contribution < -0.4 is 10.2 Å². The zero-order valence-electron chi connectivity index (χ0n) is 14.3. The van der Waals surface area contributed by atoms with Gasteiger partial charge in [0.05, 0.1) is 5.56 Å². The Kier molecular flexibility index (Phi) is 5.42. The molecule has 3 N–H and O–H groups in total. The molecule has 0 saturated heterocycles. The maximum atomic E-state index is 12.7. The first kappa shape index (κ1) is 18.5. The molecule has 0 amide bonds. The second-order valence-electron chi connectivity index (χ2n) is 6.00. The normalized spacial score (nSPS) is 10.9. The molecule has 0 fully saturated rings. The summed E-state index contributed by atoms with van der Waals surface area (Å²) in [7, 11) is 0. The second-order valence-corrected chi connectivity index (χ2v) is 6.00. The van der Waals surface area contributed by atoms with Gasteiger partial charge in [0.15, 0.2) is 0 Å². The summed E-state index contributed by atoms with van der Waals surface area (Å²) in [5.74, 6) is -0.632. The molecule has 1 aromatic heterocycles. The molecule has 0 radical (unpaired) electrons. The lowest BCUT2D eigenvalue weighted by Crippen LogP contribution is -2.08. The Morgan fingerprint density at radius 1 is 1.07 bits per heavy atom. The predicted molar refractivity (Wildman–Crippen MR) is 97.8 cm³/mol. The first-order chi connectivity index (χ1) is 13.0. The van der Waals surface area contributed by atoms with Gasteiger partial charge in [0.2, 0.25) is 5.43 Å². The zero-order chi connectivity index (χ0) is 19.4. The number of carbonyl (C=O) groups excluding carboxylic acids is 1. The number of rotatable bonds is 6. The molecule has 140 valence electrons. The lowest BCUT2D eigenvalue weighted by Gasteiger charge is -2.07. The highest BCUT2D eigenvalue weighted by Gasteiger charge is 2.14. The Morgan fingerprint density at radius 2 is 1.81 bits per heavy atom. The molecule has 0 aliphatic carbocycles. The van der Waals surface area contributed by atoms with Gasteiger partial charge in [-0.2, -0.15) is 0 Å². The van der Waals surface area contributed by atoms with Crippen molar-refractivity contribution < 1.29 is 29.3 Å². The summed E-state index contributed by atoms with van der Waals surface area (Å²) in [6.45, 7) is 0.0332. The molecule has 7 heteroatoms. The van der Waals surface area contributed by atoms with Crippen molar-refractivity contribution >= 4 is 16.9 Å². The Labute approximate surface area is 154 Å². The minimum Gasteiger partial charge on any atom is -0.508 e. The largest absolute Gasteiger partial charge is 0.508 e. The average Bonchev–Trinajstić information content (AvgIpc) is 2.62. The van der Waals surface area contributed by atoms with Gasteiger partial charge < -0.3 is 24.5 Å². The number of aliphatic hydroxyl groups excluding tert-OH is 1. The van der Waals surface area contributed by atoms with Gasteiger partial charge in [-0.25, -0.2) is 0 Å². The van der Waals surface area contributed by atoms with Crippen LogP contribution in [-0.2, 0) is 4.79 Å². The molecule has 0 spiro atoms. The van der Waals surface area contributed by atoms with Crippen LogP contribution in [0, 0.1) is 0 Å². The van der Waals surface area contributed by atoms with E-state index in [-0.39, 0.29) is 41.1 Å². The van der Waals surface area contributed by atoms with Crippen LogP contribution >= 0.6 is 0 Å². The summed E-state index contributed by atoms with van der Waals surface area (Å²) in [4.78, 5) is 24.4. The first-order valence-corrected chi connectivity index (χ1v) is 8.39. The highest BCUT2D eigenvalue weighted by atomic mass is 16.5. The molecule has 1 heterocycles. The third-order valence-electron chi connectivity index (χ3n) is 4.03. The molecule has 0 atom stereocenters. The van der Waals surface area contributed by atoms with Crippen molar-refractivity contribution in [3.8, 4) is 28.4 Å². The second kappa shape index (κ2) is 7.92. The van der Waals surface area contributed by atoms with Gasteiger partial charge in [0, 0.05) is 25.2 Å². The minimum atomic E-state index is -0.442. The lowest BCUT2D eigenvalue weighted by atomic mass is 10.0.